The molecule has 0 aliphatic rings. The average molecular weight is 348 g/mol. The van der Waals surface area contributed by atoms with E-state index in [2.05, 4.69) is 39.8 Å². The van der Waals surface area contributed by atoms with E-state index in [1.54, 1.807) is 11.3 Å². The first kappa shape index (κ1) is 17.0. The van der Waals surface area contributed by atoms with Crippen molar-refractivity contribution in [1.82, 2.24) is 0 Å². The molecule has 0 fully saturated rings. The molecule has 2 aromatic carbocycles. The van der Waals surface area contributed by atoms with Gasteiger partial charge in [-0.1, -0.05) is 45.0 Å². The van der Waals surface area contributed by atoms with E-state index in [-0.39, 0.29) is 5.41 Å². The number of fused-ring (bicyclic) bond motifs is 1. The molecule has 126 valence electrons. The smallest absolute Gasteiger partial charge is 0.166 e. The molecule has 1 heterocycles. The Kier molecular flexibility index (Phi) is 3.99. The molecule has 0 aliphatic carbocycles. The highest BCUT2D eigenvalue weighted by molar-refractivity contribution is 7.19. The van der Waals surface area contributed by atoms with E-state index in [0.717, 1.165) is 23.3 Å². The standard InChI is InChI=1S/C20H19F3S/c1-12-18(19(2,3)4)16-10-7-14(11-17(16)24-12)13-5-8-15(9-6-13)20(21,22)23/h5-11H,1-4H3. The van der Waals surface area contributed by atoms with E-state index in [0.29, 0.717) is 0 Å². The Morgan fingerprint density at radius 3 is 1.96 bits per heavy atom. The van der Waals surface area contributed by atoms with E-state index in [9.17, 15) is 13.2 Å². The molecule has 3 rings (SSSR count). The molecule has 4 heteroatoms. The van der Waals surface area contributed by atoms with Crippen LogP contribution in [0.3, 0.4) is 0 Å². The summed E-state index contributed by atoms with van der Waals surface area (Å²) in [7, 11) is 0. The number of benzene rings is 2. The van der Waals surface area contributed by atoms with Gasteiger partial charge in [0.05, 0.1) is 5.56 Å². The maximum atomic E-state index is 12.7. The molecule has 1 aromatic heterocycles. The minimum absolute atomic E-state index is 0.0677. The van der Waals surface area contributed by atoms with Crippen LogP contribution in [0.5, 0.6) is 0 Å². The summed E-state index contributed by atoms with van der Waals surface area (Å²) in [5, 5.41) is 1.24. The van der Waals surface area contributed by atoms with Gasteiger partial charge in [0.2, 0.25) is 0 Å². The van der Waals surface area contributed by atoms with Gasteiger partial charge in [-0.25, -0.2) is 0 Å². The van der Waals surface area contributed by atoms with Gasteiger partial charge in [-0.05, 0) is 52.6 Å². The molecule has 0 bridgehead atoms. The lowest BCUT2D eigenvalue weighted by molar-refractivity contribution is -0.137. The summed E-state index contributed by atoms with van der Waals surface area (Å²) in [5.74, 6) is 0. The molecular weight excluding hydrogens is 329 g/mol. The lowest BCUT2D eigenvalue weighted by Crippen LogP contribution is -2.11. The van der Waals surface area contributed by atoms with Gasteiger partial charge >= 0.3 is 6.18 Å². The zero-order chi connectivity index (χ0) is 17.7. The predicted octanol–water partition coefficient (Wildman–Crippen LogP) is 7.19. The second-order valence-electron chi connectivity index (χ2n) is 7.07. The SMILES string of the molecule is Cc1sc2cc(-c3ccc(C(F)(F)F)cc3)ccc2c1C(C)(C)C. The number of halogens is 3. The van der Waals surface area contributed by atoms with Gasteiger partial charge in [-0.15, -0.1) is 11.3 Å². The normalized spacial score (nSPS) is 12.8. The molecule has 0 nitrogen and oxygen atoms in total. The third-order valence-corrected chi connectivity index (χ3v) is 5.23. The molecule has 0 unspecified atom stereocenters. The van der Waals surface area contributed by atoms with Crippen molar-refractivity contribution in [3.8, 4) is 11.1 Å². The Morgan fingerprint density at radius 2 is 1.42 bits per heavy atom. The topological polar surface area (TPSA) is 0 Å². The lowest BCUT2D eigenvalue weighted by Gasteiger charge is -2.19. The molecule has 0 saturated carbocycles. The molecular formula is C20H19F3S. The van der Waals surface area contributed by atoms with Gasteiger partial charge in [0.1, 0.15) is 0 Å². The number of alkyl halides is 3. The average Bonchev–Trinajstić information content (AvgIpc) is 2.81. The zero-order valence-electron chi connectivity index (χ0n) is 14.1. The summed E-state index contributed by atoms with van der Waals surface area (Å²) >= 11 is 1.74. The van der Waals surface area contributed by atoms with E-state index in [4.69, 9.17) is 0 Å². The van der Waals surface area contributed by atoms with Gasteiger partial charge in [-0.2, -0.15) is 13.2 Å². The predicted molar refractivity (Wildman–Crippen MR) is 95.7 cm³/mol. The van der Waals surface area contributed by atoms with Crippen LogP contribution in [0.2, 0.25) is 0 Å². The molecule has 0 N–H and O–H groups in total. The zero-order valence-corrected chi connectivity index (χ0v) is 14.9. The monoisotopic (exact) mass is 348 g/mol. The second kappa shape index (κ2) is 5.62. The fourth-order valence-corrected chi connectivity index (χ4v) is 4.50. The van der Waals surface area contributed by atoms with Crippen LogP contribution in [0.15, 0.2) is 42.5 Å². The van der Waals surface area contributed by atoms with Crippen molar-refractivity contribution >= 4 is 21.4 Å². The van der Waals surface area contributed by atoms with Crippen LogP contribution in [-0.4, -0.2) is 0 Å². The number of aryl methyl sites for hydroxylation is 1. The lowest BCUT2D eigenvalue weighted by atomic mass is 9.85. The molecule has 0 saturated heterocycles. The van der Waals surface area contributed by atoms with Crippen LogP contribution in [-0.2, 0) is 11.6 Å². The van der Waals surface area contributed by atoms with E-state index in [1.807, 2.05) is 6.07 Å². The van der Waals surface area contributed by atoms with Crippen molar-refractivity contribution in [3.63, 3.8) is 0 Å². The van der Waals surface area contributed by atoms with Crippen LogP contribution in [0, 0.1) is 6.92 Å². The quantitative estimate of drug-likeness (QED) is 0.436. The van der Waals surface area contributed by atoms with Crippen LogP contribution < -0.4 is 0 Å². The summed E-state index contributed by atoms with van der Waals surface area (Å²) in [6.45, 7) is 8.73. The van der Waals surface area contributed by atoms with Crippen molar-refractivity contribution in [2.45, 2.75) is 39.3 Å². The van der Waals surface area contributed by atoms with Crippen LogP contribution in [0.1, 0.15) is 36.8 Å². The third kappa shape index (κ3) is 3.07. The highest BCUT2D eigenvalue weighted by atomic mass is 32.1. The van der Waals surface area contributed by atoms with Crippen LogP contribution in [0.25, 0.3) is 21.2 Å². The minimum Gasteiger partial charge on any atom is -0.166 e. The Bertz CT molecular complexity index is 878. The number of hydrogen-bond donors (Lipinski definition) is 0. The van der Waals surface area contributed by atoms with Gasteiger partial charge in [-0.3, -0.25) is 0 Å². The first-order chi connectivity index (χ1) is 11.1. The summed E-state index contributed by atoms with van der Waals surface area (Å²) in [4.78, 5) is 1.29. The van der Waals surface area contributed by atoms with Crippen LogP contribution in [0.4, 0.5) is 13.2 Å². The Balaban J connectivity index is 2.06. The fraction of sp³-hybridized carbons (Fsp3) is 0.300. The second-order valence-corrected chi connectivity index (χ2v) is 8.33. The van der Waals surface area contributed by atoms with Gasteiger partial charge < -0.3 is 0 Å². The largest absolute Gasteiger partial charge is 0.416 e. The molecule has 0 amide bonds. The van der Waals surface area contributed by atoms with Crippen molar-refractivity contribution < 1.29 is 13.2 Å². The van der Waals surface area contributed by atoms with Gasteiger partial charge in [0.15, 0.2) is 0 Å². The molecule has 24 heavy (non-hydrogen) atoms. The number of rotatable bonds is 1. The maximum absolute atomic E-state index is 12.7. The number of hydrogen-bond acceptors (Lipinski definition) is 1. The number of thiophene rings is 1. The first-order valence-electron chi connectivity index (χ1n) is 7.78. The summed E-state index contributed by atoms with van der Waals surface area (Å²) in [5.41, 5.74) is 2.54. The Morgan fingerprint density at radius 1 is 0.833 bits per heavy atom. The van der Waals surface area contributed by atoms with Crippen molar-refractivity contribution in [2.24, 2.45) is 0 Å². The van der Waals surface area contributed by atoms with E-state index < -0.39 is 11.7 Å². The van der Waals surface area contributed by atoms with Gasteiger partial charge in [0, 0.05) is 9.58 Å². The summed E-state index contributed by atoms with van der Waals surface area (Å²) < 4.78 is 39.2. The van der Waals surface area contributed by atoms with Crippen molar-refractivity contribution in [3.05, 3.63) is 58.5 Å². The Labute approximate surface area is 143 Å². The molecule has 0 spiro atoms. The van der Waals surface area contributed by atoms with Crippen molar-refractivity contribution in [2.75, 3.05) is 0 Å². The van der Waals surface area contributed by atoms with Crippen molar-refractivity contribution in [1.29, 1.82) is 0 Å². The molecule has 0 radical (unpaired) electrons. The third-order valence-electron chi connectivity index (χ3n) is 4.16. The maximum Gasteiger partial charge on any atom is 0.416 e. The molecule has 3 aromatic rings. The molecule has 0 atom stereocenters. The van der Waals surface area contributed by atoms with E-state index >= 15 is 0 Å². The summed E-state index contributed by atoms with van der Waals surface area (Å²) in [6, 6.07) is 11.5. The minimum atomic E-state index is -4.30. The van der Waals surface area contributed by atoms with E-state index in [1.165, 1.54) is 32.7 Å². The molecule has 0 aliphatic heterocycles. The highest BCUT2D eigenvalue weighted by Gasteiger charge is 2.30. The Hall–Kier alpha value is -1.81. The van der Waals surface area contributed by atoms with Crippen LogP contribution >= 0.6 is 11.3 Å². The summed E-state index contributed by atoms with van der Waals surface area (Å²) in [6.07, 6.45) is -4.30. The highest BCUT2D eigenvalue weighted by Crippen LogP contribution is 2.40. The fourth-order valence-electron chi connectivity index (χ4n) is 3.18. The van der Waals surface area contributed by atoms with Gasteiger partial charge in [0.25, 0.3) is 0 Å². The first-order valence-corrected chi connectivity index (χ1v) is 8.60.